The fourth-order valence-corrected chi connectivity index (χ4v) is 6.20. The van der Waals surface area contributed by atoms with E-state index in [1.54, 1.807) is 0 Å². The number of hydrogen-bond donors (Lipinski definition) is 3. The van der Waals surface area contributed by atoms with Crippen molar-refractivity contribution in [1.29, 1.82) is 0 Å². The van der Waals surface area contributed by atoms with Gasteiger partial charge in [0.1, 0.15) is 5.75 Å². The van der Waals surface area contributed by atoms with E-state index in [-0.39, 0.29) is 16.7 Å². The lowest BCUT2D eigenvalue weighted by atomic mass is 9.83. The highest BCUT2D eigenvalue weighted by molar-refractivity contribution is 7.89. The molecule has 9 heteroatoms. The van der Waals surface area contributed by atoms with Gasteiger partial charge < -0.3 is 5.11 Å². The number of phenolic OH excluding ortho intramolecular Hbond substituents is 1. The molecular weight excluding hydrogens is 390 g/mol. The standard InChI is InChI=1S/C20H27N5O3S/c26-16-9-11-17(12-10-16)29(27,28)23-20-15-8-7-14(13-15)18(20)5-3-1-2-4-6-19-21-24-25-22-19/h1,3,9-12,14-15,18,20,23,26H,2,4-8,13H2,(H,21,22,24,25)/t14-,15+,18+,20+/m1/s1. The molecule has 2 aliphatic rings. The topological polar surface area (TPSA) is 121 Å². The predicted octanol–water partition coefficient (Wildman–Crippen LogP) is 2.57. The van der Waals surface area contributed by atoms with Crippen molar-refractivity contribution in [3.63, 3.8) is 0 Å². The molecular formula is C20H27N5O3S. The number of aromatic nitrogens is 4. The molecule has 0 saturated heterocycles. The first-order valence-electron chi connectivity index (χ1n) is 10.2. The highest BCUT2D eigenvalue weighted by atomic mass is 32.2. The molecule has 0 amide bonds. The van der Waals surface area contributed by atoms with Gasteiger partial charge in [-0.15, -0.1) is 10.2 Å². The van der Waals surface area contributed by atoms with Crippen molar-refractivity contribution in [2.24, 2.45) is 17.8 Å². The maximum atomic E-state index is 12.8. The molecule has 0 unspecified atom stereocenters. The van der Waals surface area contributed by atoms with Crippen LogP contribution in [-0.4, -0.2) is 40.2 Å². The monoisotopic (exact) mass is 417 g/mol. The molecule has 2 aliphatic carbocycles. The quantitative estimate of drug-likeness (QED) is 0.426. The molecule has 2 bridgehead atoms. The Morgan fingerprint density at radius 2 is 1.97 bits per heavy atom. The van der Waals surface area contributed by atoms with Crippen LogP contribution in [0.2, 0.25) is 0 Å². The molecule has 4 rings (SSSR count). The van der Waals surface area contributed by atoms with Crippen LogP contribution in [0.3, 0.4) is 0 Å². The van der Waals surface area contributed by atoms with Gasteiger partial charge >= 0.3 is 0 Å². The minimum Gasteiger partial charge on any atom is -0.508 e. The minimum atomic E-state index is -3.59. The average Bonchev–Trinajstić information content (AvgIpc) is 3.43. The van der Waals surface area contributed by atoms with Gasteiger partial charge in [-0.3, -0.25) is 0 Å². The zero-order chi connectivity index (χ0) is 20.3. The van der Waals surface area contributed by atoms with Gasteiger partial charge in [0.25, 0.3) is 0 Å². The number of nitrogens with zero attached hydrogens (tertiary/aromatic N) is 3. The van der Waals surface area contributed by atoms with E-state index >= 15 is 0 Å². The molecule has 3 N–H and O–H groups in total. The van der Waals surface area contributed by atoms with Crippen LogP contribution in [0, 0.1) is 17.8 Å². The third-order valence-corrected chi connectivity index (χ3v) is 7.74. The first kappa shape index (κ1) is 20.0. The van der Waals surface area contributed by atoms with Crippen LogP contribution in [0.1, 0.15) is 44.3 Å². The highest BCUT2D eigenvalue weighted by Crippen LogP contribution is 2.50. The number of sulfonamides is 1. The number of H-pyrrole nitrogens is 1. The van der Waals surface area contributed by atoms with Crippen molar-refractivity contribution < 1.29 is 13.5 Å². The number of nitrogens with one attached hydrogen (secondary N) is 2. The predicted molar refractivity (Wildman–Crippen MR) is 107 cm³/mol. The molecule has 2 fully saturated rings. The van der Waals surface area contributed by atoms with E-state index in [0.717, 1.165) is 44.3 Å². The number of rotatable bonds is 9. The Morgan fingerprint density at radius 3 is 2.72 bits per heavy atom. The number of benzene rings is 1. The first-order chi connectivity index (χ1) is 14.0. The lowest BCUT2D eigenvalue weighted by Gasteiger charge is -2.31. The Labute approximate surface area is 170 Å². The van der Waals surface area contributed by atoms with Crippen molar-refractivity contribution in [3.8, 4) is 5.75 Å². The van der Waals surface area contributed by atoms with Gasteiger partial charge in [-0.1, -0.05) is 17.4 Å². The van der Waals surface area contributed by atoms with Crippen molar-refractivity contribution in [2.45, 2.75) is 55.9 Å². The van der Waals surface area contributed by atoms with Gasteiger partial charge in [-0.05, 0) is 80.5 Å². The molecule has 4 atom stereocenters. The maximum Gasteiger partial charge on any atom is 0.240 e. The molecule has 2 aromatic rings. The summed E-state index contributed by atoms with van der Waals surface area (Å²) in [4.78, 5) is 0.203. The van der Waals surface area contributed by atoms with Gasteiger partial charge in [-0.2, -0.15) is 5.21 Å². The summed E-state index contributed by atoms with van der Waals surface area (Å²) in [7, 11) is -3.59. The van der Waals surface area contributed by atoms with Crippen molar-refractivity contribution in [3.05, 3.63) is 42.2 Å². The number of tetrazole rings is 1. The van der Waals surface area contributed by atoms with Crippen molar-refractivity contribution in [1.82, 2.24) is 25.3 Å². The van der Waals surface area contributed by atoms with Gasteiger partial charge in [0, 0.05) is 12.5 Å². The number of aromatic hydroxyl groups is 1. The fraction of sp³-hybridized carbons (Fsp3) is 0.550. The average molecular weight is 418 g/mol. The largest absolute Gasteiger partial charge is 0.508 e. The highest BCUT2D eigenvalue weighted by Gasteiger charge is 2.48. The summed E-state index contributed by atoms with van der Waals surface area (Å²) in [6.45, 7) is 0. The molecule has 0 spiro atoms. The fourth-order valence-electron chi connectivity index (χ4n) is 4.84. The summed E-state index contributed by atoms with van der Waals surface area (Å²) in [6, 6.07) is 5.69. The van der Waals surface area contributed by atoms with Crippen molar-refractivity contribution in [2.75, 3.05) is 0 Å². The minimum absolute atomic E-state index is 0.0171. The van der Waals surface area contributed by atoms with E-state index in [4.69, 9.17) is 0 Å². The number of aryl methyl sites for hydroxylation is 1. The van der Waals surface area contributed by atoms with Crippen molar-refractivity contribution >= 4 is 10.0 Å². The summed E-state index contributed by atoms with van der Waals surface area (Å²) in [5, 5.41) is 23.3. The van der Waals surface area contributed by atoms with Gasteiger partial charge in [0.15, 0.2) is 5.82 Å². The number of phenols is 1. The van der Waals surface area contributed by atoms with Crippen LogP contribution < -0.4 is 4.72 Å². The third-order valence-electron chi connectivity index (χ3n) is 6.26. The third kappa shape index (κ3) is 4.67. The second-order valence-corrected chi connectivity index (χ2v) is 9.78. The van der Waals surface area contributed by atoms with Gasteiger partial charge in [0.05, 0.1) is 4.90 Å². The summed E-state index contributed by atoms with van der Waals surface area (Å²) in [6.07, 6.45) is 11.4. The molecule has 1 aromatic carbocycles. The summed E-state index contributed by atoms with van der Waals surface area (Å²) < 4.78 is 28.6. The van der Waals surface area contributed by atoms with E-state index in [9.17, 15) is 13.5 Å². The Balaban J connectivity index is 1.33. The lowest BCUT2D eigenvalue weighted by Crippen LogP contribution is -2.43. The molecule has 1 heterocycles. The zero-order valence-electron chi connectivity index (χ0n) is 16.2. The molecule has 1 aromatic heterocycles. The normalized spacial score (nSPS) is 26.5. The SMILES string of the molecule is O=S(=O)(N[C@H]1[C@H]2CC[C@H](C2)[C@@H]1CC=CCCCc1nn[nH]n1)c1ccc(O)cc1. The molecule has 0 aliphatic heterocycles. The van der Waals surface area contributed by atoms with E-state index in [2.05, 4.69) is 37.5 Å². The summed E-state index contributed by atoms with van der Waals surface area (Å²) in [5.74, 6) is 2.15. The number of fused-ring (bicyclic) bond motifs is 2. The van der Waals surface area contributed by atoms with Gasteiger partial charge in [0.2, 0.25) is 10.0 Å². The number of aromatic amines is 1. The van der Waals surface area contributed by atoms with E-state index in [1.807, 2.05) is 0 Å². The molecule has 2 saturated carbocycles. The molecule has 156 valence electrons. The summed E-state index contributed by atoms with van der Waals surface area (Å²) in [5.41, 5.74) is 0. The van der Waals surface area contributed by atoms with Crippen LogP contribution in [0.15, 0.2) is 41.3 Å². The molecule has 0 radical (unpaired) electrons. The van der Waals surface area contributed by atoms with Crippen LogP contribution in [0.5, 0.6) is 5.75 Å². The number of unbranched alkanes of at least 4 members (excludes halogenated alkanes) is 1. The van der Waals surface area contributed by atoms with E-state index in [0.29, 0.717) is 17.8 Å². The number of hydrogen-bond acceptors (Lipinski definition) is 6. The summed E-state index contributed by atoms with van der Waals surface area (Å²) >= 11 is 0. The zero-order valence-corrected chi connectivity index (χ0v) is 17.1. The Morgan fingerprint density at radius 1 is 1.17 bits per heavy atom. The molecule has 8 nitrogen and oxygen atoms in total. The van der Waals surface area contributed by atoms with Crippen LogP contribution in [0.25, 0.3) is 0 Å². The van der Waals surface area contributed by atoms with Gasteiger partial charge in [-0.25, -0.2) is 13.1 Å². The van der Waals surface area contributed by atoms with Crippen LogP contribution >= 0.6 is 0 Å². The Hall–Kier alpha value is -2.26. The number of allylic oxidation sites excluding steroid dienone is 2. The van der Waals surface area contributed by atoms with Crippen LogP contribution in [-0.2, 0) is 16.4 Å². The maximum absolute atomic E-state index is 12.8. The van der Waals surface area contributed by atoms with E-state index in [1.165, 1.54) is 30.7 Å². The first-order valence-corrected chi connectivity index (χ1v) is 11.7. The second-order valence-electron chi connectivity index (χ2n) is 8.07. The molecule has 29 heavy (non-hydrogen) atoms. The van der Waals surface area contributed by atoms with Crippen LogP contribution in [0.4, 0.5) is 0 Å². The second kappa shape index (κ2) is 8.62. The lowest BCUT2D eigenvalue weighted by molar-refractivity contribution is 0.274. The smallest absolute Gasteiger partial charge is 0.240 e. The Bertz CT molecular complexity index is 928. The van der Waals surface area contributed by atoms with E-state index < -0.39 is 10.0 Å². The Kier molecular flexibility index (Phi) is 5.96.